The van der Waals surface area contributed by atoms with Crippen LogP contribution in [0.5, 0.6) is 5.88 Å². The van der Waals surface area contributed by atoms with Gasteiger partial charge in [0.15, 0.2) is 0 Å². The number of methoxy groups -OCH3 is 1. The van der Waals surface area contributed by atoms with Gasteiger partial charge >= 0.3 is 12.1 Å². The number of aromatic nitrogens is 2. The molecule has 3 rings (SSSR count). The molecule has 2 aromatic carbocycles. The van der Waals surface area contributed by atoms with Crippen molar-refractivity contribution in [2.24, 2.45) is 0 Å². The lowest BCUT2D eigenvalue weighted by molar-refractivity contribution is -0.137. The Hall–Kier alpha value is -3.46. The average Bonchev–Trinajstić information content (AvgIpc) is 3.09. The van der Waals surface area contributed by atoms with E-state index in [1.165, 1.54) is 17.9 Å². The van der Waals surface area contributed by atoms with E-state index in [4.69, 9.17) is 21.1 Å². The molecule has 0 atom stereocenters. The van der Waals surface area contributed by atoms with Gasteiger partial charge in [0, 0.05) is 5.56 Å². The van der Waals surface area contributed by atoms with Gasteiger partial charge in [-0.2, -0.15) is 13.2 Å². The highest BCUT2D eigenvalue weighted by Crippen LogP contribution is 2.30. The number of rotatable bonds is 9. The lowest BCUT2D eigenvalue weighted by Gasteiger charge is -2.11. The van der Waals surface area contributed by atoms with Crippen molar-refractivity contribution in [1.29, 1.82) is 0 Å². The number of hydrogen-bond donors (Lipinski definition) is 1. The summed E-state index contributed by atoms with van der Waals surface area (Å²) in [5.74, 6) is -0.817. The van der Waals surface area contributed by atoms with E-state index in [0.717, 1.165) is 18.4 Å². The number of hydrogen-bond acceptors (Lipinski definition) is 4. The van der Waals surface area contributed by atoms with Crippen molar-refractivity contribution in [2.45, 2.75) is 32.1 Å². The summed E-state index contributed by atoms with van der Waals surface area (Å²) in [4.78, 5) is 11.6. The SMILES string of the molecule is CO/C=C(/C(=O)O)c1ccccc1COc1nn(Cc2cccc(C(F)(F)F)c2)c(CCl)c1C. The quantitative estimate of drug-likeness (QED) is 0.236. The van der Waals surface area contributed by atoms with Crippen LogP contribution >= 0.6 is 11.6 Å². The molecular weight excluding hydrogens is 473 g/mol. The average molecular weight is 495 g/mol. The third-order valence-electron chi connectivity index (χ3n) is 5.13. The van der Waals surface area contributed by atoms with Crippen molar-refractivity contribution in [1.82, 2.24) is 9.78 Å². The monoisotopic (exact) mass is 494 g/mol. The molecule has 1 aromatic heterocycles. The molecule has 0 bridgehead atoms. The maximum atomic E-state index is 13.1. The summed E-state index contributed by atoms with van der Waals surface area (Å²) in [5, 5.41) is 13.9. The second kappa shape index (κ2) is 10.6. The molecule has 1 N–H and O–H groups in total. The summed E-state index contributed by atoms with van der Waals surface area (Å²) in [7, 11) is 1.36. The smallest absolute Gasteiger partial charge is 0.416 e. The van der Waals surface area contributed by atoms with Gasteiger partial charge < -0.3 is 14.6 Å². The fourth-order valence-corrected chi connectivity index (χ4v) is 3.76. The van der Waals surface area contributed by atoms with Crippen molar-refractivity contribution >= 4 is 23.1 Å². The zero-order valence-corrected chi connectivity index (χ0v) is 19.2. The first kappa shape index (κ1) is 25.2. The second-order valence-electron chi connectivity index (χ2n) is 7.38. The minimum atomic E-state index is -4.45. The normalized spacial score (nSPS) is 12.0. The Morgan fingerprint density at radius 1 is 1.21 bits per heavy atom. The molecule has 0 aliphatic heterocycles. The van der Waals surface area contributed by atoms with Crippen LogP contribution in [0.25, 0.3) is 5.57 Å². The minimum absolute atomic E-state index is 0.00758. The molecule has 0 saturated heterocycles. The van der Waals surface area contributed by atoms with E-state index in [2.05, 4.69) is 5.10 Å². The number of carbonyl (C=O) groups is 1. The molecule has 3 aromatic rings. The molecule has 1 heterocycles. The Balaban J connectivity index is 1.86. The van der Waals surface area contributed by atoms with Crippen molar-refractivity contribution < 1.29 is 32.5 Å². The summed E-state index contributed by atoms with van der Waals surface area (Å²) >= 11 is 6.09. The summed E-state index contributed by atoms with van der Waals surface area (Å²) in [6.45, 7) is 1.84. The van der Waals surface area contributed by atoms with Gasteiger partial charge in [-0.1, -0.05) is 36.4 Å². The number of halogens is 4. The largest absolute Gasteiger partial charge is 0.503 e. The Morgan fingerprint density at radius 2 is 1.94 bits per heavy atom. The fourth-order valence-electron chi connectivity index (χ4n) is 3.42. The Morgan fingerprint density at radius 3 is 2.59 bits per heavy atom. The molecule has 0 spiro atoms. The predicted octanol–water partition coefficient (Wildman–Crippen LogP) is 5.65. The van der Waals surface area contributed by atoms with E-state index in [1.807, 2.05) is 0 Å². The predicted molar refractivity (Wildman–Crippen MR) is 120 cm³/mol. The summed E-state index contributed by atoms with van der Waals surface area (Å²) in [6, 6.07) is 11.8. The molecule has 34 heavy (non-hydrogen) atoms. The van der Waals surface area contributed by atoms with Crippen LogP contribution < -0.4 is 4.74 Å². The number of carboxylic acids is 1. The highest BCUT2D eigenvalue weighted by molar-refractivity contribution is 6.17. The number of ether oxygens (including phenoxy) is 2. The zero-order valence-electron chi connectivity index (χ0n) is 18.4. The minimum Gasteiger partial charge on any atom is -0.503 e. The van der Waals surface area contributed by atoms with E-state index < -0.39 is 17.7 Å². The van der Waals surface area contributed by atoms with Crippen LogP contribution in [-0.4, -0.2) is 28.0 Å². The van der Waals surface area contributed by atoms with Gasteiger partial charge in [-0.25, -0.2) is 4.79 Å². The molecule has 6 nitrogen and oxygen atoms in total. The van der Waals surface area contributed by atoms with Gasteiger partial charge in [0.2, 0.25) is 5.88 Å². The van der Waals surface area contributed by atoms with E-state index in [-0.39, 0.29) is 30.5 Å². The van der Waals surface area contributed by atoms with Gasteiger partial charge in [0.25, 0.3) is 0 Å². The summed E-state index contributed by atoms with van der Waals surface area (Å²) in [6.07, 6.45) is -3.30. The highest BCUT2D eigenvalue weighted by Gasteiger charge is 2.30. The van der Waals surface area contributed by atoms with Crippen LogP contribution in [0.4, 0.5) is 13.2 Å². The number of alkyl halides is 4. The number of benzene rings is 2. The lowest BCUT2D eigenvalue weighted by atomic mass is 10.0. The molecule has 0 saturated carbocycles. The number of nitrogens with zero attached hydrogens (tertiary/aromatic N) is 2. The van der Waals surface area contributed by atoms with E-state index in [9.17, 15) is 23.1 Å². The molecule has 180 valence electrons. The van der Waals surface area contributed by atoms with Crippen LogP contribution in [0, 0.1) is 6.92 Å². The molecule has 0 aliphatic rings. The standard InChI is InChI=1S/C24H22ClF3N2O4/c1-15-21(11-25)30(12-16-6-5-8-18(10-16)24(26,27)28)29-22(15)34-13-17-7-3-4-9-19(17)20(14-33-2)23(31)32/h3-10,14H,11-13H2,1-2H3,(H,31,32)/b20-14+. The first-order chi connectivity index (χ1) is 16.2. The van der Waals surface area contributed by atoms with Crippen molar-refractivity contribution in [2.75, 3.05) is 7.11 Å². The first-order valence-electron chi connectivity index (χ1n) is 10.1. The summed E-state index contributed by atoms with van der Waals surface area (Å²) in [5.41, 5.74) is 1.90. The van der Waals surface area contributed by atoms with Crippen LogP contribution in [-0.2, 0) is 34.7 Å². The molecular formula is C24H22ClF3N2O4. The van der Waals surface area contributed by atoms with Crippen molar-refractivity contribution in [3.63, 3.8) is 0 Å². The highest BCUT2D eigenvalue weighted by atomic mass is 35.5. The molecule has 0 unspecified atom stereocenters. The Labute approximate surface area is 199 Å². The molecule has 0 fully saturated rings. The van der Waals surface area contributed by atoms with E-state index >= 15 is 0 Å². The second-order valence-corrected chi connectivity index (χ2v) is 7.65. The van der Waals surface area contributed by atoms with E-state index in [0.29, 0.717) is 27.9 Å². The maximum absolute atomic E-state index is 13.1. The Kier molecular flexibility index (Phi) is 7.88. The fraction of sp³-hybridized carbons (Fsp3) is 0.250. The van der Waals surface area contributed by atoms with Gasteiger partial charge in [0.05, 0.1) is 37.1 Å². The Bertz CT molecular complexity index is 1210. The number of carboxylic acid groups (broad SMARTS) is 1. The van der Waals surface area contributed by atoms with Crippen molar-refractivity contribution in [3.05, 3.63) is 88.3 Å². The van der Waals surface area contributed by atoms with Gasteiger partial charge in [-0.3, -0.25) is 4.68 Å². The molecule has 10 heteroatoms. The third kappa shape index (κ3) is 5.72. The van der Waals surface area contributed by atoms with Crippen molar-refractivity contribution in [3.8, 4) is 5.88 Å². The first-order valence-corrected chi connectivity index (χ1v) is 10.6. The molecule has 0 amide bonds. The van der Waals surface area contributed by atoms with Gasteiger partial charge in [0.1, 0.15) is 12.2 Å². The topological polar surface area (TPSA) is 73.6 Å². The molecule has 0 aliphatic carbocycles. The molecule has 0 radical (unpaired) electrons. The lowest BCUT2D eigenvalue weighted by Crippen LogP contribution is -2.09. The van der Waals surface area contributed by atoms with Gasteiger partial charge in [-0.05, 0) is 35.7 Å². The van der Waals surface area contributed by atoms with Crippen LogP contribution in [0.15, 0.2) is 54.8 Å². The zero-order chi connectivity index (χ0) is 24.9. The number of aliphatic carboxylic acids is 1. The summed E-state index contributed by atoms with van der Waals surface area (Å²) < 4.78 is 51.4. The van der Waals surface area contributed by atoms with Crippen LogP contribution in [0.1, 0.15) is 33.5 Å². The van der Waals surface area contributed by atoms with E-state index in [1.54, 1.807) is 37.3 Å². The van der Waals surface area contributed by atoms with Crippen LogP contribution in [0.2, 0.25) is 0 Å². The van der Waals surface area contributed by atoms with Crippen LogP contribution in [0.3, 0.4) is 0 Å². The van der Waals surface area contributed by atoms with Gasteiger partial charge in [-0.15, -0.1) is 16.7 Å². The third-order valence-corrected chi connectivity index (χ3v) is 5.38. The maximum Gasteiger partial charge on any atom is 0.416 e.